The van der Waals surface area contributed by atoms with Gasteiger partial charge in [0.25, 0.3) is 0 Å². The van der Waals surface area contributed by atoms with Gasteiger partial charge in [0.2, 0.25) is 0 Å². The molecule has 2 aromatic rings. The monoisotopic (exact) mass is 528 g/mol. The second kappa shape index (κ2) is 8.00. The van der Waals surface area contributed by atoms with Crippen molar-refractivity contribution in [1.29, 1.82) is 0 Å². The van der Waals surface area contributed by atoms with Crippen molar-refractivity contribution in [2.24, 2.45) is 0 Å². The Morgan fingerprint density at radius 3 is 1.48 bits per heavy atom. The minimum absolute atomic E-state index is 0. The van der Waals surface area contributed by atoms with Gasteiger partial charge in [-0.3, -0.25) is 0 Å². The Bertz CT molecular complexity index is 1020. The topological polar surface area (TPSA) is 0 Å². The molecule has 2 aliphatic heterocycles. The minimum atomic E-state index is -0.761. The molecule has 0 nitrogen and oxygen atoms in total. The standard InChI is InChI=1S/C28H30.2ClH.Zr/c1-17(2)21-7-5-9-25-23-13-12-20-16-28-22(18(3)4)8-6-10-26(28)24(20)14-11-19(23)15-27(21)25;;;/h5-10,15-18H,11-14H2,1-4H3;2*1H;. The van der Waals surface area contributed by atoms with E-state index in [1.54, 1.807) is 33.4 Å². The predicted octanol–water partition coefficient (Wildman–Crippen LogP) is 8.33. The number of halogens is 2. The molecule has 4 aliphatic rings. The molecule has 0 amide bonds. The summed E-state index contributed by atoms with van der Waals surface area (Å²) in [5.74, 6) is 1.22. The Morgan fingerprint density at radius 2 is 1.10 bits per heavy atom. The van der Waals surface area contributed by atoms with Gasteiger partial charge >= 0.3 is 188 Å². The van der Waals surface area contributed by atoms with Crippen LogP contribution in [-0.4, -0.2) is 0 Å². The van der Waals surface area contributed by atoms with Gasteiger partial charge in [0.1, 0.15) is 0 Å². The fourth-order valence-electron chi connectivity index (χ4n) is 6.77. The molecule has 0 N–H and O–H groups in total. The molecule has 2 saturated heterocycles. The van der Waals surface area contributed by atoms with Crippen molar-refractivity contribution in [3.8, 4) is 0 Å². The van der Waals surface area contributed by atoms with E-state index < -0.39 is 23.2 Å². The number of hydrogen-bond donors (Lipinski definition) is 0. The summed E-state index contributed by atoms with van der Waals surface area (Å²) in [6.07, 6.45) is 10.6. The van der Waals surface area contributed by atoms with E-state index in [0.29, 0.717) is 18.1 Å². The van der Waals surface area contributed by atoms with Gasteiger partial charge in [-0.1, -0.05) is 0 Å². The molecule has 0 saturated carbocycles. The number of allylic oxidation sites excluding steroid dienone is 2. The first kappa shape index (κ1) is 23.5. The van der Waals surface area contributed by atoms with E-state index in [1.165, 1.54) is 25.7 Å². The van der Waals surface area contributed by atoms with Gasteiger partial charge in [-0.05, 0) is 0 Å². The maximum atomic E-state index is 2.65. The maximum Gasteiger partial charge on any atom is -0.147 e. The van der Waals surface area contributed by atoms with Crippen molar-refractivity contribution in [3.05, 3.63) is 80.9 Å². The Kier molecular flexibility index (Phi) is 6.08. The van der Waals surface area contributed by atoms with Crippen LogP contribution < -0.4 is 0 Å². The van der Waals surface area contributed by atoms with Crippen molar-refractivity contribution < 1.29 is 23.2 Å². The van der Waals surface area contributed by atoms with Crippen molar-refractivity contribution in [3.63, 3.8) is 0 Å². The summed E-state index contributed by atoms with van der Waals surface area (Å²) in [5, 5.41) is 0. The summed E-state index contributed by atoms with van der Waals surface area (Å²) in [6.45, 7) is 9.43. The molecular formula is C28H32Cl2Zr. The van der Waals surface area contributed by atoms with Crippen LogP contribution in [-0.2, 0) is 29.5 Å². The van der Waals surface area contributed by atoms with Gasteiger partial charge in [0, 0.05) is 0 Å². The first-order chi connectivity index (χ1) is 14.0. The molecule has 2 spiro atoms. The largest absolute Gasteiger partial charge is 0.147 e. The number of hydrogen-bond acceptors (Lipinski definition) is 0. The van der Waals surface area contributed by atoms with Crippen molar-refractivity contribution in [2.45, 2.75) is 71.5 Å². The van der Waals surface area contributed by atoms with Crippen LogP contribution in [0.4, 0.5) is 0 Å². The van der Waals surface area contributed by atoms with Crippen molar-refractivity contribution >= 4 is 37.0 Å². The number of fused-ring (bicyclic) bond motifs is 2. The Balaban J connectivity index is 0.00000116. The van der Waals surface area contributed by atoms with E-state index in [2.05, 4.69) is 76.2 Å². The van der Waals surface area contributed by atoms with Crippen LogP contribution in [0.1, 0.15) is 98.6 Å². The van der Waals surface area contributed by atoms with E-state index in [1.807, 2.05) is 11.1 Å². The van der Waals surface area contributed by atoms with E-state index in [9.17, 15) is 0 Å². The summed E-state index contributed by atoms with van der Waals surface area (Å²) in [6, 6.07) is 14.5. The summed E-state index contributed by atoms with van der Waals surface area (Å²) in [7, 11) is 0. The van der Waals surface area contributed by atoms with Crippen LogP contribution in [0.2, 0.25) is 0 Å². The van der Waals surface area contributed by atoms with E-state index in [4.69, 9.17) is 0 Å². The van der Waals surface area contributed by atoms with Crippen LogP contribution in [0.15, 0.2) is 47.5 Å². The second-order valence-electron chi connectivity index (χ2n) is 10.2. The van der Waals surface area contributed by atoms with Crippen LogP contribution in [0.25, 0.3) is 12.2 Å². The van der Waals surface area contributed by atoms with Gasteiger partial charge < -0.3 is 0 Å². The molecule has 3 heteroatoms. The molecule has 6 rings (SSSR count). The zero-order valence-corrected chi connectivity index (χ0v) is 23.0. The van der Waals surface area contributed by atoms with Crippen LogP contribution >= 0.6 is 24.8 Å². The third-order valence-corrected chi connectivity index (χ3v) is 14.4. The fraction of sp³-hybridized carbons (Fsp3) is 0.429. The fourth-order valence-corrected chi connectivity index (χ4v) is 13.3. The zero-order valence-electron chi connectivity index (χ0n) is 18.9. The molecule has 2 unspecified atom stereocenters. The molecule has 31 heavy (non-hydrogen) atoms. The Morgan fingerprint density at radius 1 is 0.677 bits per heavy atom. The van der Waals surface area contributed by atoms with Crippen LogP contribution in [0, 0.1) is 0 Å². The normalized spacial score (nSPS) is 26.5. The smallest absolute Gasteiger partial charge is 0.147 e. The third kappa shape index (κ3) is 3.02. The summed E-state index contributed by atoms with van der Waals surface area (Å²) >= 11 is -0.761. The van der Waals surface area contributed by atoms with Gasteiger partial charge in [-0.15, -0.1) is 24.8 Å². The summed E-state index contributed by atoms with van der Waals surface area (Å²) in [5.41, 5.74) is 13.4. The van der Waals surface area contributed by atoms with Crippen LogP contribution in [0.3, 0.4) is 0 Å². The SMILES string of the molecule is CC(C)c1cccc2c1C=C1CC[C]34[Zr][C]12CCC3=Cc1c(C(C)C)cccc14.Cl.Cl. The van der Waals surface area contributed by atoms with Gasteiger partial charge in [0.15, 0.2) is 0 Å². The third-order valence-electron chi connectivity index (χ3n) is 8.14. The first-order valence-corrected chi connectivity index (χ1v) is 13.9. The first-order valence-electron chi connectivity index (χ1n) is 11.4. The number of benzene rings is 2. The summed E-state index contributed by atoms with van der Waals surface area (Å²) in [4.78, 5) is 0. The Hall–Kier alpha value is -0.617. The molecule has 2 bridgehead atoms. The van der Waals surface area contributed by atoms with Crippen LogP contribution in [0.5, 0.6) is 0 Å². The van der Waals surface area contributed by atoms with E-state index >= 15 is 0 Å². The minimum Gasteiger partial charge on any atom is -0.147 e. The molecule has 162 valence electrons. The molecule has 2 aliphatic carbocycles. The van der Waals surface area contributed by atoms with Crippen molar-refractivity contribution in [2.75, 3.05) is 0 Å². The van der Waals surface area contributed by atoms with Crippen molar-refractivity contribution in [1.82, 2.24) is 0 Å². The average molecular weight is 531 g/mol. The second-order valence-corrected chi connectivity index (χ2v) is 15.0. The number of rotatable bonds is 2. The van der Waals surface area contributed by atoms with E-state index in [0.717, 1.165) is 0 Å². The molecular weight excluding hydrogens is 498 g/mol. The van der Waals surface area contributed by atoms with Gasteiger partial charge in [-0.25, -0.2) is 0 Å². The van der Waals surface area contributed by atoms with Gasteiger partial charge in [-0.2, -0.15) is 0 Å². The van der Waals surface area contributed by atoms with E-state index in [-0.39, 0.29) is 24.8 Å². The maximum absolute atomic E-state index is 2.65. The molecule has 0 radical (unpaired) electrons. The Labute approximate surface area is 211 Å². The summed E-state index contributed by atoms with van der Waals surface area (Å²) < 4.78 is 0.906. The molecule has 2 fully saturated rings. The zero-order chi connectivity index (χ0) is 20.0. The molecule has 2 aromatic carbocycles. The molecule has 0 aromatic heterocycles. The van der Waals surface area contributed by atoms with Gasteiger partial charge in [0.05, 0.1) is 0 Å². The average Bonchev–Trinajstić information content (AvgIpc) is 3.19. The predicted molar refractivity (Wildman–Crippen MR) is 133 cm³/mol. The molecule has 2 heterocycles. The quantitative estimate of drug-likeness (QED) is 0.366. The molecule has 2 atom stereocenters.